The molecule has 4 aromatic rings. The number of para-hydroxylation sites is 1. The Morgan fingerprint density at radius 3 is 2.15 bits per heavy atom. The van der Waals surface area contributed by atoms with Crippen LogP contribution in [0.2, 0.25) is 0 Å². The molecule has 0 unspecified atom stereocenters. The number of methoxy groups -OCH3 is 1. The van der Waals surface area contributed by atoms with Gasteiger partial charge in [0.15, 0.2) is 5.82 Å². The first-order chi connectivity index (χ1) is 13.3. The van der Waals surface area contributed by atoms with Gasteiger partial charge in [0.25, 0.3) is 0 Å². The van der Waals surface area contributed by atoms with Crippen molar-refractivity contribution in [3.63, 3.8) is 0 Å². The third kappa shape index (κ3) is 4.10. The predicted octanol–water partition coefficient (Wildman–Crippen LogP) is 5.62. The van der Waals surface area contributed by atoms with Gasteiger partial charge >= 0.3 is 0 Å². The van der Waals surface area contributed by atoms with Crippen LogP contribution < -0.4 is 14.8 Å². The van der Waals surface area contributed by atoms with E-state index in [4.69, 9.17) is 9.47 Å². The van der Waals surface area contributed by atoms with Crippen LogP contribution in [0.5, 0.6) is 17.2 Å². The zero-order valence-corrected chi connectivity index (χ0v) is 14.8. The van der Waals surface area contributed by atoms with E-state index in [1.165, 1.54) is 0 Å². The van der Waals surface area contributed by atoms with E-state index in [1.807, 2.05) is 84.9 Å². The van der Waals surface area contributed by atoms with Crippen LogP contribution in [0.4, 0.5) is 11.5 Å². The molecule has 3 aromatic carbocycles. The van der Waals surface area contributed by atoms with Crippen LogP contribution in [0.15, 0.2) is 84.9 Å². The fourth-order valence-corrected chi connectivity index (χ4v) is 2.68. The van der Waals surface area contributed by atoms with Gasteiger partial charge in [-0.3, -0.25) is 5.10 Å². The summed E-state index contributed by atoms with van der Waals surface area (Å²) in [5, 5.41) is 10.7. The predicted molar refractivity (Wildman–Crippen MR) is 107 cm³/mol. The van der Waals surface area contributed by atoms with Gasteiger partial charge in [0.2, 0.25) is 0 Å². The zero-order chi connectivity index (χ0) is 18.5. The summed E-state index contributed by atoms with van der Waals surface area (Å²) in [7, 11) is 1.66. The molecular weight excluding hydrogens is 338 g/mol. The smallest absolute Gasteiger partial charge is 0.152 e. The maximum Gasteiger partial charge on any atom is 0.152 e. The van der Waals surface area contributed by atoms with E-state index in [0.29, 0.717) is 0 Å². The van der Waals surface area contributed by atoms with Crippen molar-refractivity contribution in [2.45, 2.75) is 0 Å². The lowest BCUT2D eigenvalue weighted by Gasteiger charge is -2.07. The maximum atomic E-state index is 5.80. The highest BCUT2D eigenvalue weighted by molar-refractivity contribution is 5.66. The number of hydrogen-bond acceptors (Lipinski definition) is 4. The molecule has 1 heterocycles. The van der Waals surface area contributed by atoms with Gasteiger partial charge in [0, 0.05) is 11.8 Å². The lowest BCUT2D eigenvalue weighted by atomic mass is 10.1. The molecule has 0 aliphatic carbocycles. The molecule has 134 valence electrons. The second kappa shape index (κ2) is 7.66. The number of nitrogens with one attached hydrogen (secondary N) is 2. The molecule has 0 saturated carbocycles. The Labute approximate surface area is 157 Å². The lowest BCUT2D eigenvalue weighted by Crippen LogP contribution is -1.90. The topological polar surface area (TPSA) is 59.2 Å². The molecule has 1 aromatic heterocycles. The van der Waals surface area contributed by atoms with Gasteiger partial charge in [-0.25, -0.2) is 0 Å². The molecule has 0 fully saturated rings. The summed E-state index contributed by atoms with van der Waals surface area (Å²) < 4.78 is 11.0. The van der Waals surface area contributed by atoms with Crippen molar-refractivity contribution < 1.29 is 9.47 Å². The molecule has 4 rings (SSSR count). The Balaban J connectivity index is 1.42. The second-order valence-corrected chi connectivity index (χ2v) is 5.96. The van der Waals surface area contributed by atoms with Crippen LogP contribution >= 0.6 is 0 Å². The highest BCUT2D eigenvalue weighted by Crippen LogP contribution is 2.26. The molecular formula is C22H19N3O2. The van der Waals surface area contributed by atoms with Crippen molar-refractivity contribution in [3.8, 4) is 28.5 Å². The Kier molecular flexibility index (Phi) is 4.74. The summed E-state index contributed by atoms with van der Waals surface area (Å²) in [5.74, 6) is 3.18. The van der Waals surface area contributed by atoms with E-state index >= 15 is 0 Å². The van der Waals surface area contributed by atoms with Crippen LogP contribution in [0, 0.1) is 0 Å². The molecule has 0 radical (unpaired) electrons. The minimum Gasteiger partial charge on any atom is -0.497 e. The van der Waals surface area contributed by atoms with Crippen molar-refractivity contribution in [3.05, 3.63) is 84.9 Å². The Bertz CT molecular complexity index is 994. The van der Waals surface area contributed by atoms with E-state index in [0.717, 1.165) is 40.0 Å². The average Bonchev–Trinajstić information content (AvgIpc) is 3.19. The third-order valence-corrected chi connectivity index (χ3v) is 4.08. The molecule has 0 amide bonds. The van der Waals surface area contributed by atoms with Gasteiger partial charge in [-0.15, -0.1) is 0 Å². The highest BCUT2D eigenvalue weighted by Gasteiger charge is 2.05. The minimum atomic E-state index is 0.748. The molecule has 27 heavy (non-hydrogen) atoms. The minimum absolute atomic E-state index is 0.748. The van der Waals surface area contributed by atoms with Crippen molar-refractivity contribution in [2.75, 3.05) is 12.4 Å². The molecule has 5 heteroatoms. The summed E-state index contributed by atoms with van der Waals surface area (Å²) in [5.41, 5.74) is 2.91. The van der Waals surface area contributed by atoms with Gasteiger partial charge in [-0.1, -0.05) is 18.2 Å². The van der Waals surface area contributed by atoms with Crippen LogP contribution in [-0.4, -0.2) is 17.3 Å². The summed E-state index contributed by atoms with van der Waals surface area (Å²) in [6.45, 7) is 0. The molecule has 0 spiro atoms. The van der Waals surface area contributed by atoms with Gasteiger partial charge < -0.3 is 14.8 Å². The van der Waals surface area contributed by atoms with Crippen LogP contribution in [0.25, 0.3) is 11.3 Å². The quantitative estimate of drug-likeness (QED) is 0.470. The fraction of sp³-hybridized carbons (Fsp3) is 0.0455. The number of aromatic nitrogens is 2. The molecule has 2 N–H and O–H groups in total. The Hall–Kier alpha value is -3.73. The number of H-pyrrole nitrogens is 1. The van der Waals surface area contributed by atoms with Crippen molar-refractivity contribution in [1.82, 2.24) is 10.2 Å². The monoisotopic (exact) mass is 357 g/mol. The van der Waals surface area contributed by atoms with Gasteiger partial charge in [0.05, 0.1) is 12.8 Å². The molecule has 0 atom stereocenters. The van der Waals surface area contributed by atoms with Crippen LogP contribution in [0.3, 0.4) is 0 Å². The van der Waals surface area contributed by atoms with Gasteiger partial charge in [0.1, 0.15) is 17.2 Å². The normalized spacial score (nSPS) is 10.4. The van der Waals surface area contributed by atoms with E-state index < -0.39 is 0 Å². The first kappa shape index (κ1) is 16.7. The zero-order valence-electron chi connectivity index (χ0n) is 14.8. The summed E-state index contributed by atoms with van der Waals surface area (Å²) in [4.78, 5) is 0. The first-order valence-electron chi connectivity index (χ1n) is 8.60. The number of benzene rings is 3. The Morgan fingerprint density at radius 1 is 0.778 bits per heavy atom. The Morgan fingerprint density at radius 2 is 1.44 bits per heavy atom. The SMILES string of the molecule is COc1ccc(-c2cc(Nc3ccc(Oc4ccccc4)cc3)n[nH]2)cc1. The number of ether oxygens (including phenoxy) is 2. The molecule has 5 nitrogen and oxygen atoms in total. The summed E-state index contributed by atoms with van der Waals surface area (Å²) >= 11 is 0. The van der Waals surface area contributed by atoms with Crippen molar-refractivity contribution in [2.24, 2.45) is 0 Å². The first-order valence-corrected chi connectivity index (χ1v) is 8.60. The van der Waals surface area contributed by atoms with E-state index in [2.05, 4.69) is 15.5 Å². The highest BCUT2D eigenvalue weighted by atomic mass is 16.5. The van der Waals surface area contributed by atoms with E-state index in [9.17, 15) is 0 Å². The van der Waals surface area contributed by atoms with Crippen molar-refractivity contribution in [1.29, 1.82) is 0 Å². The van der Waals surface area contributed by atoms with E-state index in [-0.39, 0.29) is 0 Å². The van der Waals surface area contributed by atoms with Crippen LogP contribution in [0.1, 0.15) is 0 Å². The largest absolute Gasteiger partial charge is 0.497 e. The van der Waals surface area contributed by atoms with Gasteiger partial charge in [-0.2, -0.15) is 5.10 Å². The molecule has 0 saturated heterocycles. The van der Waals surface area contributed by atoms with Crippen molar-refractivity contribution >= 4 is 11.5 Å². The second-order valence-electron chi connectivity index (χ2n) is 5.96. The number of nitrogens with zero attached hydrogens (tertiary/aromatic N) is 1. The molecule has 0 bridgehead atoms. The summed E-state index contributed by atoms with van der Waals surface area (Å²) in [6.07, 6.45) is 0. The number of aromatic amines is 1. The summed E-state index contributed by atoms with van der Waals surface area (Å²) in [6, 6.07) is 27.3. The molecule has 0 aliphatic heterocycles. The van der Waals surface area contributed by atoms with Gasteiger partial charge in [-0.05, 0) is 66.2 Å². The molecule has 0 aliphatic rings. The van der Waals surface area contributed by atoms with E-state index in [1.54, 1.807) is 7.11 Å². The number of rotatable bonds is 6. The number of hydrogen-bond donors (Lipinski definition) is 2. The standard InChI is InChI=1S/C22H19N3O2/c1-26-18-11-7-16(8-12-18)21-15-22(25-24-21)23-17-9-13-20(14-10-17)27-19-5-3-2-4-6-19/h2-15H,1H3,(H2,23,24,25). The number of anilines is 2. The van der Waals surface area contributed by atoms with Crippen LogP contribution in [-0.2, 0) is 0 Å². The fourth-order valence-electron chi connectivity index (χ4n) is 2.68. The average molecular weight is 357 g/mol. The third-order valence-electron chi connectivity index (χ3n) is 4.08. The lowest BCUT2D eigenvalue weighted by molar-refractivity contribution is 0.415. The maximum absolute atomic E-state index is 5.80.